The second kappa shape index (κ2) is 15.3. The summed E-state index contributed by atoms with van der Waals surface area (Å²) < 4.78 is 12.3. The van der Waals surface area contributed by atoms with Crippen molar-refractivity contribution in [2.45, 2.75) is 45.8 Å². The van der Waals surface area contributed by atoms with E-state index in [1.54, 1.807) is 35.6 Å². The Morgan fingerprint density at radius 2 is 1.61 bits per heavy atom. The normalized spacial score (nSPS) is 12.6. The first kappa shape index (κ1) is 29.4. The lowest BCUT2D eigenvalue weighted by molar-refractivity contribution is -0.00211. The van der Waals surface area contributed by atoms with E-state index in [4.69, 9.17) is 25.4 Å². The van der Waals surface area contributed by atoms with Gasteiger partial charge in [-0.1, -0.05) is 18.5 Å². The van der Waals surface area contributed by atoms with E-state index >= 15 is 0 Å². The van der Waals surface area contributed by atoms with E-state index in [1.165, 1.54) is 4.88 Å². The van der Waals surface area contributed by atoms with Crippen LogP contribution >= 0.6 is 11.3 Å². The highest BCUT2D eigenvalue weighted by atomic mass is 32.1. The molecule has 0 aliphatic carbocycles. The third-order valence-corrected chi connectivity index (χ3v) is 7.04. The molecule has 3 rings (SSSR count). The third-order valence-electron chi connectivity index (χ3n) is 6.01. The number of ether oxygens (including phenoxy) is 2. The van der Waals surface area contributed by atoms with E-state index < -0.39 is 6.29 Å². The van der Waals surface area contributed by atoms with Crippen LogP contribution in [-0.4, -0.2) is 70.3 Å². The highest BCUT2D eigenvalue weighted by Crippen LogP contribution is 2.30. The van der Waals surface area contributed by atoms with Crippen LogP contribution in [0.3, 0.4) is 0 Å². The summed E-state index contributed by atoms with van der Waals surface area (Å²) in [5, 5.41) is 31.4. The summed E-state index contributed by atoms with van der Waals surface area (Å²) in [6.45, 7) is 6.08. The topological polar surface area (TPSA) is 134 Å². The highest BCUT2D eigenvalue weighted by Gasteiger charge is 2.16. The van der Waals surface area contributed by atoms with Crippen LogP contribution in [0.15, 0.2) is 53.7 Å². The number of amidine groups is 1. The van der Waals surface area contributed by atoms with Gasteiger partial charge in [0.15, 0.2) is 5.84 Å². The molecule has 0 amide bonds. The zero-order valence-corrected chi connectivity index (χ0v) is 22.9. The lowest BCUT2D eigenvalue weighted by Gasteiger charge is -2.21. The molecule has 0 aliphatic rings. The molecular weight excluding hydrogens is 504 g/mol. The number of thiazole rings is 1. The van der Waals surface area contributed by atoms with E-state index in [0.29, 0.717) is 30.2 Å². The van der Waals surface area contributed by atoms with E-state index in [1.807, 2.05) is 31.2 Å². The van der Waals surface area contributed by atoms with Crippen molar-refractivity contribution >= 4 is 17.2 Å². The van der Waals surface area contributed by atoms with Gasteiger partial charge in [0.1, 0.15) is 11.5 Å². The second-order valence-corrected chi connectivity index (χ2v) is 10.2. The summed E-state index contributed by atoms with van der Waals surface area (Å²) in [5.74, 6) is 1.38. The molecule has 0 fully saturated rings. The first-order valence-corrected chi connectivity index (χ1v) is 13.7. The molecule has 5 N–H and O–H groups in total. The van der Waals surface area contributed by atoms with Gasteiger partial charge in [-0.25, -0.2) is 4.98 Å². The molecule has 1 aromatic heterocycles. The minimum Gasteiger partial charge on any atom is -0.455 e. The van der Waals surface area contributed by atoms with Crippen molar-refractivity contribution in [1.82, 2.24) is 9.88 Å². The minimum absolute atomic E-state index is 0.0431. The van der Waals surface area contributed by atoms with E-state index in [-0.39, 0.29) is 19.0 Å². The zero-order valence-electron chi connectivity index (χ0n) is 22.0. The maximum absolute atomic E-state index is 9.29. The molecule has 2 aromatic carbocycles. The van der Waals surface area contributed by atoms with Crippen molar-refractivity contribution in [1.29, 1.82) is 0 Å². The molecule has 1 unspecified atom stereocenters. The van der Waals surface area contributed by atoms with Crippen molar-refractivity contribution in [3.8, 4) is 22.8 Å². The number of nitrogens with zero attached hydrogens (tertiary/aromatic N) is 3. The van der Waals surface area contributed by atoms with Gasteiger partial charge in [0.05, 0.1) is 23.9 Å². The van der Waals surface area contributed by atoms with Crippen molar-refractivity contribution in [2.24, 2.45) is 10.9 Å². The quantitative estimate of drug-likeness (QED) is 0.0701. The lowest BCUT2D eigenvalue weighted by atomic mass is 10.1. The lowest BCUT2D eigenvalue weighted by Crippen LogP contribution is -2.31. The average molecular weight is 543 g/mol. The van der Waals surface area contributed by atoms with Crippen LogP contribution in [0.4, 0.5) is 0 Å². The van der Waals surface area contributed by atoms with Crippen LogP contribution in [0, 0.1) is 6.92 Å². The van der Waals surface area contributed by atoms with Gasteiger partial charge in [-0.2, -0.15) is 0 Å². The number of aliphatic hydroxyl groups excluding tert-OH is 2. The van der Waals surface area contributed by atoms with Crippen molar-refractivity contribution in [3.63, 3.8) is 0 Å². The Kier molecular flexibility index (Phi) is 11.8. The Morgan fingerprint density at radius 1 is 1.00 bits per heavy atom. The second-order valence-electron chi connectivity index (χ2n) is 8.89. The maximum atomic E-state index is 9.29. The first-order chi connectivity index (χ1) is 18.5. The van der Waals surface area contributed by atoms with Gasteiger partial charge in [0.25, 0.3) is 0 Å². The van der Waals surface area contributed by atoms with Gasteiger partial charge >= 0.3 is 0 Å². The minimum atomic E-state index is -0.461. The number of nitrogens with two attached hydrogens (primary N) is 1. The van der Waals surface area contributed by atoms with Gasteiger partial charge in [-0.15, -0.1) is 11.3 Å². The van der Waals surface area contributed by atoms with Crippen molar-refractivity contribution in [2.75, 3.05) is 32.8 Å². The fraction of sp³-hybridized carbons (Fsp3) is 0.429. The Hall–Kier alpha value is -3.18. The summed E-state index contributed by atoms with van der Waals surface area (Å²) in [6.07, 6.45) is 3.03. The summed E-state index contributed by atoms with van der Waals surface area (Å²) in [5.41, 5.74) is 8.21. The zero-order chi connectivity index (χ0) is 27.3. The predicted octanol–water partition coefficient (Wildman–Crippen LogP) is 4.02. The highest BCUT2D eigenvalue weighted by molar-refractivity contribution is 7.12. The smallest absolute Gasteiger partial charge is 0.241 e. The Morgan fingerprint density at radius 3 is 2.16 bits per heavy atom. The number of aryl methyl sites for hydroxylation is 1. The monoisotopic (exact) mass is 542 g/mol. The van der Waals surface area contributed by atoms with Crippen molar-refractivity contribution < 1.29 is 24.9 Å². The molecule has 3 aromatic rings. The molecule has 206 valence electrons. The summed E-state index contributed by atoms with van der Waals surface area (Å²) in [4.78, 5) is 7.99. The fourth-order valence-electron chi connectivity index (χ4n) is 4.01. The van der Waals surface area contributed by atoms with Crippen molar-refractivity contribution in [3.05, 3.63) is 64.0 Å². The van der Waals surface area contributed by atoms with Gasteiger partial charge in [0.2, 0.25) is 6.29 Å². The van der Waals surface area contributed by atoms with Gasteiger partial charge in [-0.3, -0.25) is 4.90 Å². The van der Waals surface area contributed by atoms with Crippen LogP contribution in [0.1, 0.15) is 41.6 Å². The fourth-order valence-corrected chi connectivity index (χ4v) is 4.96. The van der Waals surface area contributed by atoms with Crippen LogP contribution in [0.5, 0.6) is 11.5 Å². The molecule has 1 atom stereocenters. The standard InChI is InChI=1S/C28H38N4O5S/c1-3-4-5-26(37-24-12-8-22(9-13-24)28(29)31-35)36-23-10-6-21(7-11-23)27-25(38-20(2)30-27)14-15-32(16-18-33)17-19-34/h6-13,26,33-35H,3-5,14-19H2,1-2H3,(H2,29,31). The van der Waals surface area contributed by atoms with E-state index in [2.05, 4.69) is 17.0 Å². The van der Waals surface area contributed by atoms with Gasteiger partial charge < -0.3 is 30.6 Å². The van der Waals surface area contributed by atoms with Crippen LogP contribution in [-0.2, 0) is 6.42 Å². The molecule has 0 spiro atoms. The summed E-state index contributed by atoms with van der Waals surface area (Å²) in [6, 6.07) is 14.9. The summed E-state index contributed by atoms with van der Waals surface area (Å²) in [7, 11) is 0. The molecule has 38 heavy (non-hydrogen) atoms. The molecule has 0 aliphatic heterocycles. The maximum Gasteiger partial charge on any atom is 0.241 e. The number of aliphatic hydroxyl groups is 2. The van der Waals surface area contributed by atoms with Crippen LogP contribution in [0.2, 0.25) is 0 Å². The van der Waals surface area contributed by atoms with Gasteiger partial charge in [-0.05, 0) is 68.3 Å². The Labute approximate surface area is 228 Å². The number of hydrogen-bond donors (Lipinski definition) is 4. The summed E-state index contributed by atoms with van der Waals surface area (Å²) >= 11 is 1.67. The predicted molar refractivity (Wildman–Crippen MR) is 150 cm³/mol. The van der Waals surface area contributed by atoms with E-state index in [0.717, 1.165) is 48.5 Å². The molecule has 0 radical (unpaired) electrons. The molecular formula is C28H38N4O5S. The number of oxime groups is 1. The SMILES string of the molecule is CCCCC(Oc1ccc(C(N)=NO)cc1)Oc1ccc(-c2nc(C)sc2CCN(CCO)CCO)cc1. The van der Waals surface area contributed by atoms with Gasteiger partial charge in [0, 0.05) is 42.1 Å². The van der Waals surface area contributed by atoms with Crippen LogP contribution in [0.25, 0.3) is 11.3 Å². The largest absolute Gasteiger partial charge is 0.455 e. The molecule has 0 saturated heterocycles. The molecule has 0 bridgehead atoms. The number of hydrogen-bond acceptors (Lipinski definition) is 9. The Balaban J connectivity index is 1.69. The number of aromatic nitrogens is 1. The number of rotatable bonds is 16. The molecule has 1 heterocycles. The average Bonchev–Trinajstić information content (AvgIpc) is 3.31. The Bertz CT molecular complexity index is 1130. The molecule has 9 nitrogen and oxygen atoms in total. The van der Waals surface area contributed by atoms with E-state index in [9.17, 15) is 10.2 Å². The third kappa shape index (κ3) is 8.70. The number of benzene rings is 2. The molecule has 0 saturated carbocycles. The number of unbranched alkanes of at least 4 members (excludes halogenated alkanes) is 1. The first-order valence-electron chi connectivity index (χ1n) is 12.9. The molecule has 10 heteroatoms. The van der Waals surface area contributed by atoms with Crippen LogP contribution < -0.4 is 15.2 Å².